The van der Waals surface area contributed by atoms with Crippen LogP contribution in [0.1, 0.15) is 25.0 Å². The third kappa shape index (κ3) is 5.18. The van der Waals surface area contributed by atoms with Gasteiger partial charge in [-0.1, -0.05) is 135 Å². The van der Waals surface area contributed by atoms with Crippen LogP contribution in [-0.4, -0.2) is 4.98 Å². The summed E-state index contributed by atoms with van der Waals surface area (Å²) in [4.78, 5) is 9.87. The molecule has 0 atom stereocenters. The zero-order valence-electron chi connectivity index (χ0n) is 30.1. The van der Waals surface area contributed by atoms with Gasteiger partial charge in [-0.25, -0.2) is 4.98 Å². The number of aromatic nitrogens is 1. The minimum Gasteiger partial charge on any atom is -0.434 e. The molecule has 0 saturated heterocycles. The molecule has 0 N–H and O–H groups in total. The van der Waals surface area contributed by atoms with Crippen molar-refractivity contribution in [2.75, 3.05) is 9.80 Å². The van der Waals surface area contributed by atoms with Crippen molar-refractivity contribution in [3.63, 3.8) is 0 Å². The highest BCUT2D eigenvalue weighted by Crippen LogP contribution is 2.52. The summed E-state index contributed by atoms with van der Waals surface area (Å²) in [5.74, 6) is 0.582. The monoisotopic (exact) mass is 695 g/mol. The number of nitrogens with zero attached hydrogens (tertiary/aromatic N) is 3. The quantitative estimate of drug-likeness (QED) is 0.166. The zero-order valence-corrected chi connectivity index (χ0v) is 30.1. The number of hydrogen-bond acceptors (Lipinski definition) is 4. The molecule has 8 aromatic carbocycles. The Bertz CT molecular complexity index is 2800. The van der Waals surface area contributed by atoms with Crippen LogP contribution in [0.3, 0.4) is 0 Å². The molecule has 0 amide bonds. The summed E-state index contributed by atoms with van der Waals surface area (Å²) in [6.45, 7) is 4.67. The number of oxazole rings is 1. The predicted molar refractivity (Wildman–Crippen MR) is 224 cm³/mol. The fourth-order valence-corrected chi connectivity index (χ4v) is 8.24. The second-order valence-electron chi connectivity index (χ2n) is 14.4. The number of anilines is 6. The molecule has 54 heavy (non-hydrogen) atoms. The molecule has 1 aliphatic rings. The number of benzene rings is 8. The van der Waals surface area contributed by atoms with E-state index in [1.54, 1.807) is 0 Å². The van der Waals surface area contributed by atoms with Crippen LogP contribution in [-0.2, 0) is 5.41 Å². The molecule has 4 nitrogen and oxygen atoms in total. The van der Waals surface area contributed by atoms with E-state index < -0.39 is 0 Å². The minimum atomic E-state index is -0.144. The van der Waals surface area contributed by atoms with Crippen LogP contribution < -0.4 is 9.80 Å². The van der Waals surface area contributed by atoms with E-state index in [0.717, 1.165) is 50.6 Å². The van der Waals surface area contributed by atoms with E-state index in [2.05, 4.69) is 181 Å². The van der Waals surface area contributed by atoms with Crippen molar-refractivity contribution in [1.29, 1.82) is 0 Å². The Balaban J connectivity index is 1.26. The Morgan fingerprint density at radius 3 is 1.87 bits per heavy atom. The summed E-state index contributed by atoms with van der Waals surface area (Å²) in [6.07, 6.45) is 0. The fraction of sp³-hybridized carbons (Fsp3) is 0.0600. The van der Waals surface area contributed by atoms with Gasteiger partial charge in [-0.15, -0.1) is 0 Å². The van der Waals surface area contributed by atoms with E-state index in [4.69, 9.17) is 9.40 Å². The summed E-state index contributed by atoms with van der Waals surface area (Å²) < 4.78 is 6.82. The molecule has 4 heteroatoms. The summed E-state index contributed by atoms with van der Waals surface area (Å²) >= 11 is 0. The Kier molecular flexibility index (Phi) is 7.44. The molecular formula is C50H37N3O. The van der Waals surface area contributed by atoms with Crippen molar-refractivity contribution in [1.82, 2.24) is 4.98 Å². The van der Waals surface area contributed by atoms with E-state index in [1.165, 1.54) is 27.6 Å². The summed E-state index contributed by atoms with van der Waals surface area (Å²) in [6, 6.07) is 66.5. The van der Waals surface area contributed by atoms with Crippen molar-refractivity contribution < 1.29 is 4.42 Å². The number of rotatable bonds is 7. The topological polar surface area (TPSA) is 32.5 Å². The minimum absolute atomic E-state index is 0.144. The van der Waals surface area contributed by atoms with Crippen molar-refractivity contribution in [2.45, 2.75) is 19.3 Å². The maximum Gasteiger partial charge on any atom is 0.227 e. The summed E-state index contributed by atoms with van der Waals surface area (Å²) in [5.41, 5.74) is 13.6. The van der Waals surface area contributed by atoms with E-state index in [0.29, 0.717) is 11.5 Å². The van der Waals surface area contributed by atoms with E-state index in [-0.39, 0.29) is 5.41 Å². The highest BCUT2D eigenvalue weighted by molar-refractivity contribution is 6.04. The lowest BCUT2D eigenvalue weighted by Crippen LogP contribution is -2.17. The van der Waals surface area contributed by atoms with Gasteiger partial charge in [0.15, 0.2) is 5.58 Å². The lowest BCUT2D eigenvalue weighted by atomic mass is 9.82. The molecule has 0 spiro atoms. The second kappa shape index (κ2) is 12.6. The summed E-state index contributed by atoms with van der Waals surface area (Å²) in [7, 11) is 0. The molecule has 0 radical (unpaired) electrons. The van der Waals surface area contributed by atoms with Gasteiger partial charge in [-0.2, -0.15) is 0 Å². The molecular weight excluding hydrogens is 659 g/mol. The summed E-state index contributed by atoms with van der Waals surface area (Å²) in [5, 5.41) is 2.31. The van der Waals surface area contributed by atoms with Crippen molar-refractivity contribution in [3.05, 3.63) is 199 Å². The lowest BCUT2D eigenvalue weighted by Gasteiger charge is -2.30. The normalized spacial score (nSPS) is 12.8. The highest BCUT2D eigenvalue weighted by atomic mass is 16.3. The molecule has 10 rings (SSSR count). The molecule has 1 aromatic heterocycles. The first-order valence-corrected chi connectivity index (χ1v) is 18.5. The van der Waals surface area contributed by atoms with Gasteiger partial charge >= 0.3 is 0 Å². The number of hydrogen-bond donors (Lipinski definition) is 0. The second-order valence-corrected chi connectivity index (χ2v) is 14.4. The van der Waals surface area contributed by atoms with Crippen LogP contribution >= 0.6 is 0 Å². The van der Waals surface area contributed by atoms with Gasteiger partial charge in [0.1, 0.15) is 5.52 Å². The first-order chi connectivity index (χ1) is 26.5. The average molecular weight is 696 g/mol. The Morgan fingerprint density at radius 2 is 1.09 bits per heavy atom. The Morgan fingerprint density at radius 1 is 0.463 bits per heavy atom. The Hall–Kier alpha value is -6.91. The predicted octanol–water partition coefficient (Wildman–Crippen LogP) is 13.9. The van der Waals surface area contributed by atoms with Crippen LogP contribution in [0.4, 0.5) is 34.1 Å². The van der Waals surface area contributed by atoms with Crippen molar-refractivity contribution >= 4 is 56.0 Å². The van der Waals surface area contributed by atoms with Gasteiger partial charge in [-0.05, 0) is 94.4 Å². The van der Waals surface area contributed by atoms with E-state index in [1.807, 2.05) is 30.3 Å². The van der Waals surface area contributed by atoms with Crippen LogP contribution in [0, 0.1) is 0 Å². The third-order valence-electron chi connectivity index (χ3n) is 10.8. The van der Waals surface area contributed by atoms with Gasteiger partial charge in [-0.3, -0.25) is 0 Å². The van der Waals surface area contributed by atoms with Crippen LogP contribution in [0.2, 0.25) is 0 Å². The third-order valence-corrected chi connectivity index (χ3v) is 10.8. The SMILES string of the molecule is CC1(C)c2ccccc2-c2ccc(N(c3ccccc3)c3cc(N(c4ccccc4)c4cccc5ccccc45)c4oc(-c5ccccc5)nc4c3)cc21. The molecule has 0 aliphatic heterocycles. The standard InChI is InChI=1S/C50H37N3O/c1-50(2)43-27-15-14-26-41(43)42-30-29-38(31-44(42)50)52(36-21-8-4-9-22-36)39-32-45-48(54-49(51-45)35-18-6-3-7-19-35)47(33-39)53(37-23-10-5-11-24-37)46-28-16-20-34-17-12-13-25-40(34)46/h3-33H,1-2H3. The number of para-hydroxylation sites is 2. The molecule has 9 aromatic rings. The maximum atomic E-state index is 6.82. The van der Waals surface area contributed by atoms with E-state index in [9.17, 15) is 0 Å². The molecule has 1 aliphatic carbocycles. The Labute approximate surface area is 315 Å². The van der Waals surface area contributed by atoms with Crippen molar-refractivity contribution in [2.24, 2.45) is 0 Å². The maximum absolute atomic E-state index is 6.82. The largest absolute Gasteiger partial charge is 0.434 e. The van der Waals surface area contributed by atoms with Gasteiger partial charge in [0.25, 0.3) is 0 Å². The van der Waals surface area contributed by atoms with Crippen molar-refractivity contribution in [3.8, 4) is 22.6 Å². The first-order valence-electron chi connectivity index (χ1n) is 18.5. The number of fused-ring (bicyclic) bond motifs is 5. The average Bonchev–Trinajstić information content (AvgIpc) is 3.76. The van der Waals surface area contributed by atoms with Gasteiger partial charge in [0.2, 0.25) is 5.89 Å². The molecule has 0 fully saturated rings. The van der Waals surface area contributed by atoms with Crippen LogP contribution in [0.5, 0.6) is 0 Å². The lowest BCUT2D eigenvalue weighted by molar-refractivity contribution is 0.620. The van der Waals surface area contributed by atoms with E-state index >= 15 is 0 Å². The highest BCUT2D eigenvalue weighted by Gasteiger charge is 2.36. The molecule has 0 bridgehead atoms. The fourth-order valence-electron chi connectivity index (χ4n) is 8.24. The molecule has 0 unspecified atom stereocenters. The van der Waals surface area contributed by atoms with Crippen LogP contribution in [0.25, 0.3) is 44.5 Å². The van der Waals surface area contributed by atoms with Gasteiger partial charge < -0.3 is 14.2 Å². The van der Waals surface area contributed by atoms with Gasteiger partial charge in [0, 0.05) is 33.4 Å². The molecule has 258 valence electrons. The smallest absolute Gasteiger partial charge is 0.227 e. The molecule has 1 heterocycles. The van der Waals surface area contributed by atoms with Crippen LogP contribution in [0.15, 0.2) is 192 Å². The van der Waals surface area contributed by atoms with Gasteiger partial charge in [0.05, 0.1) is 17.1 Å². The zero-order chi connectivity index (χ0) is 36.2. The first kappa shape index (κ1) is 31.8. The molecule has 0 saturated carbocycles.